The number of hydrogen-bond donors (Lipinski definition) is 2. The molecular formula is C13H16BrNO4. The fourth-order valence-corrected chi connectivity index (χ4v) is 2.64. The van der Waals surface area contributed by atoms with Crippen LogP contribution in [0.15, 0.2) is 22.7 Å². The summed E-state index contributed by atoms with van der Waals surface area (Å²) in [6.45, 7) is 1.51. The number of hydrogen-bond acceptors (Lipinski definition) is 5. The van der Waals surface area contributed by atoms with Crippen molar-refractivity contribution in [1.29, 1.82) is 0 Å². The van der Waals surface area contributed by atoms with E-state index in [-0.39, 0.29) is 5.97 Å². The van der Waals surface area contributed by atoms with E-state index in [2.05, 4.69) is 20.7 Å². The topological polar surface area (TPSA) is 70.0 Å². The molecule has 1 aliphatic rings. The molecule has 0 aromatic heterocycles. The van der Waals surface area contributed by atoms with E-state index >= 15 is 0 Å². The third kappa shape index (κ3) is 3.33. The van der Waals surface area contributed by atoms with Gasteiger partial charge in [0.05, 0.1) is 24.9 Å². The van der Waals surface area contributed by atoms with Crippen molar-refractivity contribution in [3.05, 3.63) is 33.8 Å². The molecule has 2 unspecified atom stereocenters. The normalized spacial score (nSPS) is 23.6. The summed E-state index contributed by atoms with van der Waals surface area (Å²) < 4.78 is 5.47. The van der Waals surface area contributed by atoms with Crippen LogP contribution < -0.4 is 0 Å². The number of nitrogens with zero attached hydrogens (tertiary/aromatic N) is 1. The zero-order valence-electron chi connectivity index (χ0n) is 10.5. The van der Waals surface area contributed by atoms with Gasteiger partial charge in [0.1, 0.15) is 0 Å². The average Bonchev–Trinajstić information content (AvgIpc) is 2.70. The average molecular weight is 330 g/mol. The molecule has 1 aromatic rings. The van der Waals surface area contributed by atoms with Gasteiger partial charge in [0, 0.05) is 24.1 Å². The van der Waals surface area contributed by atoms with Crippen molar-refractivity contribution in [1.82, 2.24) is 4.90 Å². The molecule has 1 fully saturated rings. The second-order valence-electron chi connectivity index (χ2n) is 4.63. The van der Waals surface area contributed by atoms with E-state index in [4.69, 9.17) is 0 Å². The fourth-order valence-electron chi connectivity index (χ4n) is 2.14. The Kier molecular flexibility index (Phi) is 4.57. The van der Waals surface area contributed by atoms with Crippen molar-refractivity contribution >= 4 is 21.9 Å². The van der Waals surface area contributed by atoms with Gasteiger partial charge >= 0.3 is 5.97 Å². The summed E-state index contributed by atoms with van der Waals surface area (Å²) in [6, 6.07) is 5.26. The Bertz CT molecular complexity index is 470. The number of carbonyl (C=O) groups excluding carboxylic acids is 1. The van der Waals surface area contributed by atoms with Crippen molar-refractivity contribution in [2.45, 2.75) is 18.8 Å². The van der Waals surface area contributed by atoms with Crippen molar-refractivity contribution in [2.75, 3.05) is 20.2 Å². The number of methoxy groups -OCH3 is 1. The minimum atomic E-state index is -0.687. The van der Waals surface area contributed by atoms with E-state index in [1.165, 1.54) is 7.11 Å². The molecule has 0 saturated carbocycles. The maximum absolute atomic E-state index is 11.4. The highest BCUT2D eigenvalue weighted by Crippen LogP contribution is 2.22. The number of likely N-dealkylation sites (tertiary alicyclic amines) is 1. The summed E-state index contributed by atoms with van der Waals surface area (Å²) in [7, 11) is 1.34. The van der Waals surface area contributed by atoms with Gasteiger partial charge < -0.3 is 14.9 Å². The highest BCUT2D eigenvalue weighted by atomic mass is 79.9. The molecule has 2 N–H and O–H groups in total. The number of benzene rings is 1. The monoisotopic (exact) mass is 329 g/mol. The molecule has 1 aliphatic heterocycles. The molecule has 1 saturated heterocycles. The Morgan fingerprint density at radius 3 is 2.58 bits per heavy atom. The predicted octanol–water partition coefficient (Wildman–Crippen LogP) is 0.773. The van der Waals surface area contributed by atoms with Crippen LogP contribution in [-0.2, 0) is 11.3 Å². The van der Waals surface area contributed by atoms with Gasteiger partial charge in [-0.15, -0.1) is 0 Å². The van der Waals surface area contributed by atoms with E-state index in [0.717, 1.165) is 10.0 Å². The highest BCUT2D eigenvalue weighted by Gasteiger charge is 2.29. The van der Waals surface area contributed by atoms with E-state index in [1.807, 2.05) is 11.0 Å². The van der Waals surface area contributed by atoms with Crippen LogP contribution >= 0.6 is 15.9 Å². The third-order valence-corrected chi connectivity index (χ3v) is 3.94. The van der Waals surface area contributed by atoms with Crippen LogP contribution in [0, 0.1) is 0 Å². The van der Waals surface area contributed by atoms with E-state index in [9.17, 15) is 15.0 Å². The molecule has 19 heavy (non-hydrogen) atoms. The molecule has 2 atom stereocenters. The largest absolute Gasteiger partial charge is 0.465 e. The number of rotatable bonds is 3. The smallest absolute Gasteiger partial charge is 0.337 e. The molecule has 104 valence electrons. The van der Waals surface area contributed by atoms with Crippen molar-refractivity contribution in [2.24, 2.45) is 0 Å². The molecule has 0 aliphatic carbocycles. The lowest BCUT2D eigenvalue weighted by atomic mass is 10.1. The number of ether oxygens (including phenoxy) is 1. The molecule has 1 heterocycles. The van der Waals surface area contributed by atoms with Gasteiger partial charge in [0.2, 0.25) is 0 Å². The summed E-state index contributed by atoms with van der Waals surface area (Å²) >= 11 is 3.42. The second kappa shape index (κ2) is 6.00. The van der Waals surface area contributed by atoms with Crippen LogP contribution in [-0.4, -0.2) is 53.5 Å². The first kappa shape index (κ1) is 14.5. The molecule has 0 radical (unpaired) electrons. The molecule has 2 rings (SSSR count). The number of carbonyl (C=O) groups is 1. The molecule has 0 amide bonds. The van der Waals surface area contributed by atoms with Gasteiger partial charge in [-0.1, -0.05) is 22.0 Å². The molecule has 0 spiro atoms. The van der Waals surface area contributed by atoms with Gasteiger partial charge in [0.15, 0.2) is 0 Å². The summed E-state index contributed by atoms with van der Waals surface area (Å²) in [5.41, 5.74) is 1.48. The van der Waals surface area contributed by atoms with Gasteiger partial charge in [0.25, 0.3) is 0 Å². The summed E-state index contributed by atoms with van der Waals surface area (Å²) in [5.74, 6) is -0.376. The number of esters is 1. The first-order valence-electron chi connectivity index (χ1n) is 5.96. The van der Waals surface area contributed by atoms with E-state index in [0.29, 0.717) is 25.2 Å². The van der Waals surface area contributed by atoms with Crippen LogP contribution in [0.1, 0.15) is 15.9 Å². The maximum atomic E-state index is 11.4. The van der Waals surface area contributed by atoms with Crippen molar-refractivity contribution in [3.8, 4) is 0 Å². The van der Waals surface area contributed by atoms with Crippen LogP contribution in [0.2, 0.25) is 0 Å². The van der Waals surface area contributed by atoms with Crippen LogP contribution in [0.3, 0.4) is 0 Å². The quantitative estimate of drug-likeness (QED) is 0.802. The van der Waals surface area contributed by atoms with Crippen LogP contribution in [0.25, 0.3) is 0 Å². The van der Waals surface area contributed by atoms with Crippen molar-refractivity contribution < 1.29 is 19.7 Å². The van der Waals surface area contributed by atoms with Crippen LogP contribution in [0.5, 0.6) is 0 Å². The van der Waals surface area contributed by atoms with Gasteiger partial charge in [-0.25, -0.2) is 4.79 Å². The molecule has 5 nitrogen and oxygen atoms in total. The van der Waals surface area contributed by atoms with Gasteiger partial charge in [-0.3, -0.25) is 4.90 Å². The zero-order chi connectivity index (χ0) is 14.0. The number of β-amino-alcohol motifs (C(OH)–C–C–N with tert-alkyl or cyclic N) is 2. The first-order valence-corrected chi connectivity index (χ1v) is 6.75. The lowest BCUT2D eigenvalue weighted by Crippen LogP contribution is -2.22. The Balaban J connectivity index is 2.08. The maximum Gasteiger partial charge on any atom is 0.337 e. The summed E-state index contributed by atoms with van der Waals surface area (Å²) in [6.07, 6.45) is -1.37. The molecule has 1 aromatic carbocycles. The lowest BCUT2D eigenvalue weighted by molar-refractivity contribution is 0.0572. The number of halogens is 1. The third-order valence-electron chi connectivity index (χ3n) is 3.20. The summed E-state index contributed by atoms with van der Waals surface area (Å²) in [5, 5.41) is 19.0. The minimum Gasteiger partial charge on any atom is -0.465 e. The van der Waals surface area contributed by atoms with E-state index < -0.39 is 12.2 Å². The van der Waals surface area contributed by atoms with E-state index in [1.54, 1.807) is 12.1 Å². The number of aliphatic hydroxyl groups is 2. The molecule has 0 bridgehead atoms. The predicted molar refractivity (Wildman–Crippen MR) is 72.8 cm³/mol. The van der Waals surface area contributed by atoms with Crippen molar-refractivity contribution in [3.63, 3.8) is 0 Å². The minimum absolute atomic E-state index is 0.376. The molecule has 6 heteroatoms. The Morgan fingerprint density at radius 2 is 2.05 bits per heavy atom. The number of aliphatic hydroxyl groups excluding tert-OH is 2. The lowest BCUT2D eigenvalue weighted by Gasteiger charge is -2.16. The standard InChI is InChI=1S/C13H16BrNO4/c1-19-13(18)8-2-3-9(10(14)4-8)5-15-6-11(16)12(17)7-15/h2-4,11-12,16-17H,5-7H2,1H3. The Morgan fingerprint density at radius 1 is 1.42 bits per heavy atom. The SMILES string of the molecule is COC(=O)c1ccc(CN2CC(O)C(O)C2)c(Br)c1. The molecular weight excluding hydrogens is 314 g/mol. The Hall–Kier alpha value is -0.950. The first-order chi connectivity index (χ1) is 9.01. The van der Waals surface area contributed by atoms with Crippen LogP contribution in [0.4, 0.5) is 0 Å². The zero-order valence-corrected chi connectivity index (χ0v) is 12.1. The van der Waals surface area contributed by atoms with Gasteiger partial charge in [-0.05, 0) is 17.7 Å². The fraction of sp³-hybridized carbons (Fsp3) is 0.462. The second-order valence-corrected chi connectivity index (χ2v) is 5.48. The highest BCUT2D eigenvalue weighted by molar-refractivity contribution is 9.10. The summed E-state index contributed by atoms with van der Waals surface area (Å²) in [4.78, 5) is 13.4. The Labute approximate surface area is 119 Å². The van der Waals surface area contributed by atoms with Gasteiger partial charge in [-0.2, -0.15) is 0 Å².